The number of fused-ring (bicyclic) bond motifs is 1. The summed E-state index contributed by atoms with van der Waals surface area (Å²) in [6.07, 6.45) is -0.949. The first-order valence-electron chi connectivity index (χ1n) is 6.59. The zero-order chi connectivity index (χ0) is 17.3. The van der Waals surface area contributed by atoms with E-state index in [0.29, 0.717) is 23.3 Å². The van der Waals surface area contributed by atoms with Crippen LogP contribution in [0.4, 0.5) is 19.0 Å². The summed E-state index contributed by atoms with van der Waals surface area (Å²) in [5, 5.41) is 2.07. The Morgan fingerprint density at radius 3 is 2.42 bits per heavy atom. The van der Waals surface area contributed by atoms with Gasteiger partial charge in [-0.2, -0.15) is 13.2 Å². The maximum absolute atomic E-state index is 12.6. The van der Waals surface area contributed by atoms with Gasteiger partial charge >= 0.3 is 6.18 Å². The highest BCUT2D eigenvalue weighted by Gasteiger charge is 2.31. The maximum Gasteiger partial charge on any atom is 0.417 e. The molecule has 1 N–H and O–H groups in total. The Morgan fingerprint density at radius 1 is 1.04 bits per heavy atom. The van der Waals surface area contributed by atoms with Gasteiger partial charge in [0.25, 0.3) is 5.91 Å². The van der Waals surface area contributed by atoms with Gasteiger partial charge in [-0.25, -0.2) is 4.98 Å². The van der Waals surface area contributed by atoms with Gasteiger partial charge in [-0.3, -0.25) is 14.8 Å². The third-order valence-electron chi connectivity index (χ3n) is 3.13. The molecule has 0 aliphatic carbocycles. The number of carbonyl (C=O) groups is 1. The third kappa shape index (κ3) is 3.28. The van der Waals surface area contributed by atoms with E-state index in [4.69, 9.17) is 11.6 Å². The van der Waals surface area contributed by atoms with Gasteiger partial charge < -0.3 is 5.32 Å². The van der Waals surface area contributed by atoms with E-state index >= 15 is 0 Å². The van der Waals surface area contributed by atoms with Gasteiger partial charge in [0.15, 0.2) is 5.82 Å². The number of halogens is 4. The van der Waals surface area contributed by atoms with Crippen molar-refractivity contribution in [3.63, 3.8) is 0 Å². The van der Waals surface area contributed by atoms with Crippen LogP contribution in [0.3, 0.4) is 0 Å². The molecule has 0 saturated heterocycles. The molecule has 0 aliphatic rings. The monoisotopic (exact) mass is 352 g/mol. The van der Waals surface area contributed by atoms with Crippen LogP contribution in [0.5, 0.6) is 0 Å². The second-order valence-corrected chi connectivity index (χ2v) is 5.17. The smallest absolute Gasteiger partial charge is 0.305 e. The molecular weight excluding hydrogens is 345 g/mol. The van der Waals surface area contributed by atoms with Gasteiger partial charge in [0.2, 0.25) is 0 Å². The molecule has 0 bridgehead atoms. The van der Waals surface area contributed by atoms with Crippen molar-refractivity contribution in [2.24, 2.45) is 0 Å². The third-order valence-corrected chi connectivity index (χ3v) is 3.42. The van der Waals surface area contributed by atoms with Crippen LogP contribution in [0, 0.1) is 0 Å². The maximum atomic E-state index is 12.6. The van der Waals surface area contributed by atoms with Crippen LogP contribution in [0.2, 0.25) is 5.02 Å². The van der Waals surface area contributed by atoms with Crippen molar-refractivity contribution in [2.45, 2.75) is 6.18 Å². The van der Waals surface area contributed by atoms with Crippen molar-refractivity contribution in [1.29, 1.82) is 0 Å². The minimum atomic E-state index is -4.56. The van der Waals surface area contributed by atoms with Crippen LogP contribution >= 0.6 is 11.6 Å². The van der Waals surface area contributed by atoms with Crippen LogP contribution in [0.25, 0.3) is 11.0 Å². The highest BCUT2D eigenvalue weighted by Crippen LogP contribution is 2.32. The van der Waals surface area contributed by atoms with Crippen LogP contribution in [-0.4, -0.2) is 20.9 Å². The van der Waals surface area contributed by atoms with Crippen LogP contribution < -0.4 is 5.32 Å². The molecular formula is C15H8ClF3N4O. The summed E-state index contributed by atoms with van der Waals surface area (Å²) < 4.78 is 37.7. The SMILES string of the molecule is O=C(Nc1ncc(C(F)(F)F)cc1Cl)c1ccc2nccnc2c1. The van der Waals surface area contributed by atoms with E-state index in [1.807, 2.05) is 0 Å². The number of amides is 1. The molecule has 3 aromatic rings. The Balaban J connectivity index is 1.86. The second kappa shape index (κ2) is 6.04. The molecule has 3 rings (SSSR count). The first-order chi connectivity index (χ1) is 11.3. The highest BCUT2D eigenvalue weighted by atomic mass is 35.5. The first kappa shape index (κ1) is 16.1. The molecule has 0 saturated carbocycles. The fraction of sp³-hybridized carbons (Fsp3) is 0.0667. The largest absolute Gasteiger partial charge is 0.417 e. The van der Waals surface area contributed by atoms with Crippen molar-refractivity contribution >= 4 is 34.4 Å². The van der Waals surface area contributed by atoms with E-state index in [9.17, 15) is 18.0 Å². The Kier molecular flexibility index (Phi) is 4.06. The zero-order valence-electron chi connectivity index (χ0n) is 11.8. The predicted octanol–water partition coefficient (Wildman–Crippen LogP) is 3.95. The number of benzene rings is 1. The van der Waals surface area contributed by atoms with Gasteiger partial charge in [0, 0.05) is 24.2 Å². The predicted molar refractivity (Wildman–Crippen MR) is 81.7 cm³/mol. The summed E-state index contributed by atoms with van der Waals surface area (Å²) in [6.45, 7) is 0. The standard InChI is InChI=1S/C15H8ClF3N4O/c16-10-6-9(15(17,18)19)7-22-13(10)23-14(24)8-1-2-11-12(5-8)21-4-3-20-11/h1-7H,(H,22,23,24). The number of pyridine rings is 1. The number of nitrogens with one attached hydrogen (secondary N) is 1. The Labute approximate surface area is 138 Å². The van der Waals surface area contributed by atoms with Crippen molar-refractivity contribution in [3.8, 4) is 0 Å². The molecule has 0 fully saturated rings. The van der Waals surface area contributed by atoms with E-state index in [1.165, 1.54) is 24.5 Å². The fourth-order valence-corrected chi connectivity index (χ4v) is 2.18. The summed E-state index contributed by atoms with van der Waals surface area (Å²) in [5.41, 5.74) is 0.378. The molecule has 1 aromatic carbocycles. The second-order valence-electron chi connectivity index (χ2n) is 4.77. The minimum Gasteiger partial charge on any atom is -0.305 e. The van der Waals surface area contributed by atoms with E-state index in [2.05, 4.69) is 20.3 Å². The molecule has 2 heterocycles. The van der Waals surface area contributed by atoms with Crippen molar-refractivity contribution < 1.29 is 18.0 Å². The van der Waals surface area contributed by atoms with Crippen LogP contribution in [0.1, 0.15) is 15.9 Å². The molecule has 9 heteroatoms. The topological polar surface area (TPSA) is 67.8 Å². The number of anilines is 1. The molecule has 0 radical (unpaired) electrons. The number of hydrogen-bond donors (Lipinski definition) is 1. The number of hydrogen-bond acceptors (Lipinski definition) is 4. The van der Waals surface area contributed by atoms with E-state index in [-0.39, 0.29) is 16.4 Å². The Hall–Kier alpha value is -2.74. The Morgan fingerprint density at radius 2 is 1.75 bits per heavy atom. The van der Waals surface area contributed by atoms with Crippen molar-refractivity contribution in [1.82, 2.24) is 15.0 Å². The van der Waals surface area contributed by atoms with Gasteiger partial charge in [-0.1, -0.05) is 11.6 Å². The summed E-state index contributed by atoms with van der Waals surface area (Å²) in [4.78, 5) is 23.9. The molecule has 0 aliphatic heterocycles. The van der Waals surface area contributed by atoms with Crippen LogP contribution in [0.15, 0.2) is 42.9 Å². The number of aromatic nitrogens is 3. The summed E-state index contributed by atoms with van der Waals surface area (Å²) >= 11 is 5.76. The number of nitrogens with zero attached hydrogens (tertiary/aromatic N) is 3. The normalized spacial score (nSPS) is 11.5. The van der Waals surface area contributed by atoms with Crippen molar-refractivity contribution in [2.75, 3.05) is 5.32 Å². The van der Waals surface area contributed by atoms with Gasteiger partial charge in [-0.05, 0) is 24.3 Å². The molecule has 1 amide bonds. The van der Waals surface area contributed by atoms with E-state index in [0.717, 1.165) is 0 Å². The lowest BCUT2D eigenvalue weighted by atomic mass is 10.2. The lowest BCUT2D eigenvalue weighted by Gasteiger charge is -2.10. The lowest BCUT2D eigenvalue weighted by Crippen LogP contribution is -2.14. The molecule has 0 spiro atoms. The molecule has 5 nitrogen and oxygen atoms in total. The van der Waals surface area contributed by atoms with E-state index < -0.39 is 17.6 Å². The number of rotatable bonds is 2. The van der Waals surface area contributed by atoms with E-state index in [1.54, 1.807) is 6.07 Å². The van der Waals surface area contributed by atoms with Crippen molar-refractivity contribution in [3.05, 3.63) is 59.0 Å². The fourth-order valence-electron chi connectivity index (χ4n) is 1.97. The highest BCUT2D eigenvalue weighted by molar-refractivity contribution is 6.33. The van der Waals surface area contributed by atoms with Gasteiger partial charge in [-0.15, -0.1) is 0 Å². The zero-order valence-corrected chi connectivity index (χ0v) is 12.6. The molecule has 0 unspecified atom stereocenters. The average molecular weight is 353 g/mol. The van der Waals surface area contributed by atoms with Gasteiger partial charge in [0.05, 0.1) is 21.6 Å². The number of carbonyl (C=O) groups excluding carboxylic acids is 1. The average Bonchev–Trinajstić information content (AvgIpc) is 2.55. The Bertz CT molecular complexity index is 930. The molecule has 122 valence electrons. The summed E-state index contributed by atoms with van der Waals surface area (Å²) in [5.74, 6) is -0.731. The molecule has 24 heavy (non-hydrogen) atoms. The van der Waals surface area contributed by atoms with Gasteiger partial charge in [0.1, 0.15) is 0 Å². The first-order valence-corrected chi connectivity index (χ1v) is 6.97. The molecule has 2 aromatic heterocycles. The molecule has 0 atom stereocenters. The lowest BCUT2D eigenvalue weighted by molar-refractivity contribution is -0.137. The summed E-state index contributed by atoms with van der Waals surface area (Å²) in [7, 11) is 0. The minimum absolute atomic E-state index is 0.158. The quantitative estimate of drug-likeness (QED) is 0.758. The summed E-state index contributed by atoms with van der Waals surface area (Å²) in [6, 6.07) is 5.34. The number of alkyl halides is 3. The van der Waals surface area contributed by atoms with Crippen LogP contribution in [-0.2, 0) is 6.18 Å².